The molecule has 3 heterocycles. The Morgan fingerprint density at radius 1 is 1.12 bits per heavy atom. The van der Waals surface area contributed by atoms with Crippen molar-refractivity contribution in [3.63, 3.8) is 0 Å². The molecule has 1 aliphatic heterocycles. The Labute approximate surface area is 199 Å². The summed E-state index contributed by atoms with van der Waals surface area (Å²) in [6.07, 6.45) is -3.45. The maximum Gasteiger partial charge on any atom is 0.173 e. The van der Waals surface area contributed by atoms with E-state index in [0.29, 0.717) is 34.0 Å². The van der Waals surface area contributed by atoms with Gasteiger partial charge >= 0.3 is 0 Å². The van der Waals surface area contributed by atoms with Gasteiger partial charge in [0.25, 0.3) is 0 Å². The zero-order valence-corrected chi connectivity index (χ0v) is 19.3. The second-order valence-corrected chi connectivity index (χ2v) is 8.37. The first-order chi connectivity index (χ1) is 15.8. The van der Waals surface area contributed by atoms with Crippen LogP contribution in [0.3, 0.4) is 0 Å². The molecule has 1 fully saturated rings. The van der Waals surface area contributed by atoms with Crippen molar-refractivity contribution >= 4 is 40.1 Å². The van der Waals surface area contributed by atoms with Crippen LogP contribution in [0.2, 0.25) is 10.0 Å². The first-order valence-electron chi connectivity index (χ1n) is 10.1. The van der Waals surface area contributed by atoms with Crippen molar-refractivity contribution in [1.82, 2.24) is 14.5 Å². The van der Waals surface area contributed by atoms with Gasteiger partial charge in [0.15, 0.2) is 12.5 Å². The van der Waals surface area contributed by atoms with Gasteiger partial charge in [0.1, 0.15) is 42.2 Å². The van der Waals surface area contributed by atoms with Gasteiger partial charge in [-0.2, -0.15) is 0 Å². The fraction of sp³-hybridized carbons (Fsp3) is 0.429. The van der Waals surface area contributed by atoms with Crippen molar-refractivity contribution in [1.29, 1.82) is 0 Å². The number of aliphatic hydroxyl groups excluding tert-OH is 3. The predicted octanol–water partition coefficient (Wildman–Crippen LogP) is 2.12. The zero-order chi connectivity index (χ0) is 23.7. The minimum atomic E-state index is -1.36. The van der Waals surface area contributed by atoms with Gasteiger partial charge in [0.2, 0.25) is 0 Å². The van der Waals surface area contributed by atoms with Gasteiger partial charge in [0.05, 0.1) is 22.0 Å². The third-order valence-corrected chi connectivity index (χ3v) is 6.36. The third-order valence-electron chi connectivity index (χ3n) is 5.62. The van der Waals surface area contributed by atoms with Crippen LogP contribution in [0.25, 0.3) is 11.0 Å². The number of methoxy groups -OCH3 is 2. The van der Waals surface area contributed by atoms with E-state index in [9.17, 15) is 15.3 Å². The van der Waals surface area contributed by atoms with Crippen LogP contribution in [0.5, 0.6) is 0 Å². The maximum absolute atomic E-state index is 10.8. The summed E-state index contributed by atoms with van der Waals surface area (Å²) < 4.78 is 17.9. The van der Waals surface area contributed by atoms with Gasteiger partial charge in [-0.3, -0.25) is 0 Å². The van der Waals surface area contributed by atoms with E-state index in [-0.39, 0.29) is 5.02 Å². The molecular formula is C21H24Cl2N4O6. The number of rotatable bonds is 8. The molecule has 1 aliphatic rings. The van der Waals surface area contributed by atoms with E-state index in [0.717, 1.165) is 0 Å². The first-order valence-corrected chi connectivity index (χ1v) is 10.9. The Kier molecular flexibility index (Phi) is 7.37. The summed E-state index contributed by atoms with van der Waals surface area (Å²) in [5, 5.41) is 36.6. The molecule has 4 N–H and O–H groups in total. The van der Waals surface area contributed by atoms with Gasteiger partial charge in [-0.25, -0.2) is 9.97 Å². The highest BCUT2D eigenvalue weighted by Gasteiger charge is 2.47. The second-order valence-electron chi connectivity index (χ2n) is 7.56. The minimum Gasteiger partial charge on any atom is -0.387 e. The second kappa shape index (κ2) is 10.1. The molecule has 0 radical (unpaired) electrons. The number of anilines is 1. The molecular weight excluding hydrogens is 475 g/mol. The molecule has 3 aromatic rings. The molecule has 10 nitrogen and oxygen atoms in total. The molecule has 1 unspecified atom stereocenters. The lowest BCUT2D eigenvalue weighted by Crippen LogP contribution is -2.34. The number of ether oxygens (including phenoxy) is 3. The maximum atomic E-state index is 10.8. The van der Waals surface area contributed by atoms with Crippen molar-refractivity contribution in [2.24, 2.45) is 0 Å². The smallest absolute Gasteiger partial charge is 0.173 e. The molecule has 0 spiro atoms. The van der Waals surface area contributed by atoms with E-state index < -0.39 is 36.9 Å². The number of aliphatic hydroxyl groups is 3. The average Bonchev–Trinajstić information content (AvgIpc) is 3.37. The Morgan fingerprint density at radius 3 is 2.58 bits per heavy atom. The van der Waals surface area contributed by atoms with Gasteiger partial charge in [-0.05, 0) is 23.8 Å². The first kappa shape index (κ1) is 24.1. The topological polar surface area (TPSA) is 131 Å². The average molecular weight is 499 g/mol. The van der Waals surface area contributed by atoms with Crippen molar-refractivity contribution in [3.8, 4) is 0 Å². The zero-order valence-electron chi connectivity index (χ0n) is 17.8. The highest BCUT2D eigenvalue weighted by Crippen LogP contribution is 2.38. The highest BCUT2D eigenvalue weighted by molar-refractivity contribution is 6.42. The molecule has 12 heteroatoms. The number of benzene rings is 1. The number of halogens is 2. The van der Waals surface area contributed by atoms with E-state index in [1.807, 2.05) is 0 Å². The quantitative estimate of drug-likeness (QED) is 0.344. The molecule has 2 aromatic heterocycles. The van der Waals surface area contributed by atoms with Gasteiger partial charge in [-0.15, -0.1) is 0 Å². The largest absolute Gasteiger partial charge is 0.387 e. The summed E-state index contributed by atoms with van der Waals surface area (Å²) in [4.78, 5) is 8.56. The molecule has 0 amide bonds. The molecule has 0 bridgehead atoms. The van der Waals surface area contributed by atoms with Crippen LogP contribution in [0.4, 0.5) is 5.82 Å². The molecule has 5 atom stereocenters. The van der Waals surface area contributed by atoms with E-state index in [4.69, 9.17) is 37.4 Å². The molecule has 1 saturated heterocycles. The van der Waals surface area contributed by atoms with Crippen LogP contribution < -0.4 is 5.32 Å². The fourth-order valence-corrected chi connectivity index (χ4v) is 4.13. The Hall–Kier alpha value is -2.02. The van der Waals surface area contributed by atoms with Gasteiger partial charge < -0.3 is 39.4 Å². The standard InChI is InChI=1S/C21H24Cl2N4O6/c1-31-14(32-2)8-24-19-11-5-6-27(20(11)26-9-25-19)21-17(30)16(29)18(33-21)15(28)10-3-4-12(22)13(23)7-10/h3-7,9,14-18,21,28-30H,8H2,1-2H3,(H,24,25,26)/t15?,16-,17+,18+,21+/m0/s1. The Morgan fingerprint density at radius 2 is 1.88 bits per heavy atom. The summed E-state index contributed by atoms with van der Waals surface area (Å²) in [6.45, 7) is 0.351. The highest BCUT2D eigenvalue weighted by atomic mass is 35.5. The summed E-state index contributed by atoms with van der Waals surface area (Å²) in [5.74, 6) is 0.540. The van der Waals surface area contributed by atoms with Crippen LogP contribution >= 0.6 is 23.2 Å². The summed E-state index contributed by atoms with van der Waals surface area (Å²) in [7, 11) is 3.07. The van der Waals surface area contributed by atoms with Crippen LogP contribution in [0, 0.1) is 0 Å². The lowest BCUT2D eigenvalue weighted by atomic mass is 9.99. The Balaban J connectivity index is 1.58. The van der Waals surface area contributed by atoms with Crippen LogP contribution in [0.1, 0.15) is 17.9 Å². The number of hydrogen-bond acceptors (Lipinski definition) is 9. The third kappa shape index (κ3) is 4.66. The number of nitrogens with one attached hydrogen (secondary N) is 1. The summed E-state index contributed by atoms with van der Waals surface area (Å²) in [5.41, 5.74) is 0.873. The molecule has 178 valence electrons. The van der Waals surface area contributed by atoms with E-state index in [1.165, 1.54) is 26.6 Å². The molecule has 0 saturated carbocycles. The van der Waals surface area contributed by atoms with Crippen LogP contribution in [-0.2, 0) is 14.2 Å². The number of nitrogens with zero attached hydrogens (tertiary/aromatic N) is 3. The molecule has 33 heavy (non-hydrogen) atoms. The lowest BCUT2D eigenvalue weighted by molar-refractivity contribution is -0.0914. The van der Waals surface area contributed by atoms with Crippen LogP contribution in [-0.4, -0.2) is 75.2 Å². The van der Waals surface area contributed by atoms with E-state index >= 15 is 0 Å². The van der Waals surface area contributed by atoms with Crippen LogP contribution in [0.15, 0.2) is 36.8 Å². The molecule has 4 rings (SSSR count). The minimum absolute atomic E-state index is 0.259. The van der Waals surface area contributed by atoms with Gasteiger partial charge in [0, 0.05) is 20.4 Å². The lowest BCUT2D eigenvalue weighted by Gasteiger charge is -2.21. The molecule has 0 aliphatic carbocycles. The number of fused-ring (bicyclic) bond motifs is 1. The Bertz CT molecular complexity index is 1110. The fourth-order valence-electron chi connectivity index (χ4n) is 3.82. The van der Waals surface area contributed by atoms with E-state index in [1.54, 1.807) is 29.0 Å². The predicted molar refractivity (Wildman–Crippen MR) is 121 cm³/mol. The normalized spacial score (nSPS) is 24.0. The monoisotopic (exact) mass is 498 g/mol. The SMILES string of the molecule is COC(CNc1ncnc2c1ccn2[C@@H]1O[C@H](C(O)c2ccc(Cl)c(Cl)c2)[C@@H](O)[C@H]1O)OC. The van der Waals surface area contributed by atoms with Crippen molar-refractivity contribution in [2.75, 3.05) is 26.1 Å². The number of aromatic nitrogens is 3. The van der Waals surface area contributed by atoms with Gasteiger partial charge in [-0.1, -0.05) is 29.3 Å². The summed E-state index contributed by atoms with van der Waals surface area (Å²) >= 11 is 12.0. The van der Waals surface area contributed by atoms with E-state index in [2.05, 4.69) is 15.3 Å². The molecule has 1 aromatic carbocycles. The van der Waals surface area contributed by atoms with Crippen molar-refractivity contribution in [3.05, 3.63) is 52.4 Å². The van der Waals surface area contributed by atoms with Crippen molar-refractivity contribution in [2.45, 2.75) is 36.9 Å². The number of hydrogen-bond donors (Lipinski definition) is 4. The van der Waals surface area contributed by atoms with Crippen molar-refractivity contribution < 1.29 is 29.5 Å². The summed E-state index contributed by atoms with van der Waals surface area (Å²) in [6, 6.07) is 6.38.